The second-order valence-electron chi connectivity index (χ2n) is 8.94. The average Bonchev–Trinajstić information content (AvgIpc) is 2.77. The Labute approximate surface area is 178 Å². The number of pyridine rings is 2. The van der Waals surface area contributed by atoms with E-state index in [1.807, 2.05) is 18.5 Å². The van der Waals surface area contributed by atoms with E-state index < -0.39 is 0 Å². The highest BCUT2D eigenvalue weighted by atomic mass is 14.9. The fourth-order valence-electron chi connectivity index (χ4n) is 4.62. The molecule has 158 valence electrons. The van der Waals surface area contributed by atoms with Crippen LogP contribution in [0.2, 0.25) is 0 Å². The normalized spacial score (nSPS) is 13.4. The van der Waals surface area contributed by atoms with Crippen LogP contribution in [0.25, 0.3) is 0 Å². The van der Waals surface area contributed by atoms with Crippen LogP contribution in [0.1, 0.15) is 100 Å². The minimum absolute atomic E-state index is 1.19. The zero-order valence-electron chi connectivity index (χ0n) is 18.5. The minimum atomic E-state index is 1.19. The molecule has 1 aliphatic carbocycles. The molecule has 0 amide bonds. The Kier molecular flexibility index (Phi) is 10.2. The number of rotatable bonds is 14. The van der Waals surface area contributed by atoms with Crippen molar-refractivity contribution >= 4 is 0 Å². The summed E-state index contributed by atoms with van der Waals surface area (Å²) >= 11 is 0. The summed E-state index contributed by atoms with van der Waals surface area (Å²) in [6.07, 6.45) is 30.5. The van der Waals surface area contributed by atoms with Crippen molar-refractivity contribution < 1.29 is 4.57 Å². The Balaban J connectivity index is 1.10. The van der Waals surface area contributed by atoms with Gasteiger partial charge < -0.3 is 0 Å². The van der Waals surface area contributed by atoms with Crippen LogP contribution >= 0.6 is 0 Å². The van der Waals surface area contributed by atoms with Crippen LogP contribution in [0.15, 0.2) is 43.0 Å². The molecule has 0 unspecified atom stereocenters. The Morgan fingerprint density at radius 2 is 1.38 bits per heavy atom. The lowest BCUT2D eigenvalue weighted by atomic mass is 9.93. The van der Waals surface area contributed by atoms with Gasteiger partial charge in [0.1, 0.15) is 6.54 Å². The molecule has 2 aromatic heterocycles. The predicted octanol–water partition coefficient (Wildman–Crippen LogP) is 6.78. The molecular formula is C27H41N2+. The molecule has 2 heterocycles. The summed E-state index contributed by atoms with van der Waals surface area (Å²) in [7, 11) is 0. The highest BCUT2D eigenvalue weighted by Crippen LogP contribution is 2.19. The van der Waals surface area contributed by atoms with E-state index in [1.165, 1.54) is 115 Å². The third-order valence-corrected chi connectivity index (χ3v) is 6.45. The average molecular weight is 394 g/mol. The van der Waals surface area contributed by atoms with Gasteiger partial charge in [0.2, 0.25) is 0 Å². The van der Waals surface area contributed by atoms with Crippen LogP contribution in [0.3, 0.4) is 0 Å². The van der Waals surface area contributed by atoms with E-state index in [9.17, 15) is 0 Å². The highest BCUT2D eigenvalue weighted by molar-refractivity contribution is 5.23. The molecule has 0 aromatic carbocycles. The van der Waals surface area contributed by atoms with Crippen LogP contribution < -0.4 is 4.57 Å². The molecule has 2 nitrogen and oxygen atoms in total. The SMILES string of the molecule is c1cncc(CCCCCCCCCCCCC[n+]2ccc3c(c2)CCCC3)c1. The summed E-state index contributed by atoms with van der Waals surface area (Å²) in [6.45, 7) is 1.20. The number of aryl methyl sites for hydroxylation is 4. The maximum absolute atomic E-state index is 4.19. The van der Waals surface area contributed by atoms with Gasteiger partial charge in [-0.3, -0.25) is 4.98 Å². The molecular weight excluding hydrogens is 352 g/mol. The van der Waals surface area contributed by atoms with E-state index in [2.05, 4.69) is 34.1 Å². The van der Waals surface area contributed by atoms with Gasteiger partial charge in [0.15, 0.2) is 12.4 Å². The van der Waals surface area contributed by atoms with E-state index in [4.69, 9.17) is 0 Å². The summed E-state index contributed by atoms with van der Waals surface area (Å²) in [5.74, 6) is 0. The smallest absolute Gasteiger partial charge is 0.172 e. The van der Waals surface area contributed by atoms with Crippen LogP contribution in [-0.2, 0) is 25.8 Å². The first-order chi connectivity index (χ1) is 14.4. The van der Waals surface area contributed by atoms with Crippen LogP contribution in [-0.4, -0.2) is 4.98 Å². The summed E-state index contributed by atoms with van der Waals surface area (Å²) in [5.41, 5.74) is 4.59. The number of unbranched alkanes of at least 4 members (excludes halogenated alkanes) is 10. The molecule has 0 spiro atoms. The van der Waals surface area contributed by atoms with Gasteiger partial charge in [-0.25, -0.2) is 4.57 Å². The van der Waals surface area contributed by atoms with Crippen molar-refractivity contribution in [2.45, 2.75) is 109 Å². The van der Waals surface area contributed by atoms with Gasteiger partial charge in [-0.2, -0.15) is 0 Å². The predicted molar refractivity (Wildman–Crippen MR) is 122 cm³/mol. The van der Waals surface area contributed by atoms with Gasteiger partial charge >= 0.3 is 0 Å². The molecule has 1 aliphatic rings. The first-order valence-electron chi connectivity index (χ1n) is 12.3. The number of hydrogen-bond donors (Lipinski definition) is 0. The molecule has 29 heavy (non-hydrogen) atoms. The van der Waals surface area contributed by atoms with E-state index in [0.29, 0.717) is 0 Å². The maximum Gasteiger partial charge on any atom is 0.172 e. The lowest BCUT2D eigenvalue weighted by molar-refractivity contribution is -0.697. The molecule has 0 saturated carbocycles. The number of fused-ring (bicyclic) bond motifs is 1. The van der Waals surface area contributed by atoms with Crippen molar-refractivity contribution in [2.24, 2.45) is 0 Å². The standard InChI is InChI=1S/C27H41N2/c1(2-4-6-8-10-15-25-16-14-20-28-23-25)3-5-7-9-13-21-29-22-19-26-17-11-12-18-27(26)24-29/h14,16,19-20,22-24H,1-13,15,17-18,21H2/q+1. The lowest BCUT2D eigenvalue weighted by Crippen LogP contribution is -2.34. The van der Waals surface area contributed by atoms with Gasteiger partial charge in [0.25, 0.3) is 0 Å². The maximum atomic E-state index is 4.19. The van der Waals surface area contributed by atoms with E-state index in [0.717, 1.165) is 0 Å². The monoisotopic (exact) mass is 393 g/mol. The van der Waals surface area contributed by atoms with Crippen molar-refractivity contribution in [1.82, 2.24) is 4.98 Å². The Morgan fingerprint density at radius 3 is 2.07 bits per heavy atom. The molecule has 0 fully saturated rings. The molecule has 0 aliphatic heterocycles. The summed E-state index contributed by atoms with van der Waals surface area (Å²) < 4.78 is 2.43. The second kappa shape index (κ2) is 13.5. The largest absolute Gasteiger partial charge is 0.264 e. The molecule has 2 heteroatoms. The topological polar surface area (TPSA) is 16.8 Å². The molecule has 0 radical (unpaired) electrons. The molecule has 3 rings (SSSR count). The first kappa shape index (κ1) is 22.0. The van der Waals surface area contributed by atoms with E-state index in [1.54, 1.807) is 11.1 Å². The molecule has 0 bridgehead atoms. The number of aromatic nitrogens is 2. The summed E-state index contributed by atoms with van der Waals surface area (Å²) in [6, 6.07) is 6.61. The third-order valence-electron chi connectivity index (χ3n) is 6.45. The zero-order chi connectivity index (χ0) is 20.0. The van der Waals surface area contributed by atoms with Gasteiger partial charge in [-0.05, 0) is 62.1 Å². The highest BCUT2D eigenvalue weighted by Gasteiger charge is 2.13. The summed E-state index contributed by atoms with van der Waals surface area (Å²) in [5, 5.41) is 0. The van der Waals surface area contributed by atoms with Gasteiger partial charge in [-0.15, -0.1) is 0 Å². The van der Waals surface area contributed by atoms with Crippen molar-refractivity contribution in [3.63, 3.8) is 0 Å². The quantitative estimate of drug-likeness (QED) is 0.255. The first-order valence-corrected chi connectivity index (χ1v) is 12.3. The molecule has 0 saturated heterocycles. The lowest BCUT2D eigenvalue weighted by Gasteiger charge is -2.13. The van der Waals surface area contributed by atoms with Gasteiger partial charge in [-0.1, -0.05) is 57.4 Å². The fraction of sp³-hybridized carbons (Fsp3) is 0.630. The molecule has 0 N–H and O–H groups in total. The molecule has 2 aromatic rings. The zero-order valence-corrected chi connectivity index (χ0v) is 18.5. The Bertz CT molecular complexity index is 680. The second-order valence-corrected chi connectivity index (χ2v) is 8.94. The van der Waals surface area contributed by atoms with Crippen LogP contribution in [0, 0.1) is 0 Å². The van der Waals surface area contributed by atoms with Crippen molar-refractivity contribution in [3.05, 3.63) is 59.7 Å². The van der Waals surface area contributed by atoms with Gasteiger partial charge in [0.05, 0.1) is 0 Å². The van der Waals surface area contributed by atoms with Gasteiger partial charge in [0, 0.05) is 30.4 Å². The van der Waals surface area contributed by atoms with Crippen molar-refractivity contribution in [3.8, 4) is 0 Å². The fourth-order valence-corrected chi connectivity index (χ4v) is 4.62. The number of nitrogens with zero attached hydrogens (tertiary/aromatic N) is 2. The third kappa shape index (κ3) is 8.68. The van der Waals surface area contributed by atoms with E-state index >= 15 is 0 Å². The van der Waals surface area contributed by atoms with Crippen LogP contribution in [0.4, 0.5) is 0 Å². The number of hydrogen-bond acceptors (Lipinski definition) is 1. The summed E-state index contributed by atoms with van der Waals surface area (Å²) in [4.78, 5) is 4.19. The van der Waals surface area contributed by atoms with Crippen molar-refractivity contribution in [2.75, 3.05) is 0 Å². The Morgan fingerprint density at radius 1 is 0.724 bits per heavy atom. The minimum Gasteiger partial charge on any atom is -0.264 e. The van der Waals surface area contributed by atoms with Crippen LogP contribution in [0.5, 0.6) is 0 Å². The molecule has 0 atom stereocenters. The van der Waals surface area contributed by atoms with Crippen molar-refractivity contribution in [1.29, 1.82) is 0 Å². The Hall–Kier alpha value is -1.70. The van der Waals surface area contributed by atoms with E-state index in [-0.39, 0.29) is 0 Å².